The monoisotopic (exact) mass is 493 g/mol. The molecule has 7 nitrogen and oxygen atoms in total. The van der Waals surface area contributed by atoms with Crippen LogP contribution in [-0.4, -0.2) is 36.5 Å². The van der Waals surface area contributed by atoms with Crippen LogP contribution in [-0.2, 0) is 9.59 Å². The molecule has 0 saturated carbocycles. The highest BCUT2D eigenvalue weighted by atomic mass is 35.5. The zero-order valence-corrected chi connectivity index (χ0v) is 21.2. The highest BCUT2D eigenvalue weighted by molar-refractivity contribution is 6.40. The second kappa shape index (κ2) is 9.23. The van der Waals surface area contributed by atoms with E-state index in [-0.39, 0.29) is 11.1 Å². The number of halogens is 1. The SMILES string of the molecule is CCOc1cccc(N2C(=O)NC(=O)/C(=C/c3cc4c(cc3Cl)N(CC)C(C)(C)C=C4C)C2=O)c1. The number of carbonyl (C=O) groups is 3. The van der Waals surface area contributed by atoms with Gasteiger partial charge in [-0.05, 0) is 76.1 Å². The molecule has 2 aliphatic rings. The van der Waals surface area contributed by atoms with Gasteiger partial charge >= 0.3 is 6.03 Å². The summed E-state index contributed by atoms with van der Waals surface area (Å²) in [5.74, 6) is -0.990. The number of rotatable bonds is 5. The van der Waals surface area contributed by atoms with Gasteiger partial charge in [0.05, 0.1) is 17.8 Å². The van der Waals surface area contributed by atoms with Crippen molar-refractivity contribution in [1.82, 2.24) is 5.32 Å². The minimum absolute atomic E-state index is 0.175. The van der Waals surface area contributed by atoms with E-state index >= 15 is 0 Å². The Hall–Kier alpha value is -3.58. The summed E-state index contributed by atoms with van der Waals surface area (Å²) < 4.78 is 5.48. The van der Waals surface area contributed by atoms with Gasteiger partial charge in [-0.25, -0.2) is 9.69 Å². The van der Waals surface area contributed by atoms with Crippen molar-refractivity contribution >= 4 is 52.5 Å². The third kappa shape index (κ3) is 4.44. The third-order valence-corrected chi connectivity index (χ3v) is 6.53. The number of hydrogen-bond acceptors (Lipinski definition) is 5. The predicted octanol–water partition coefficient (Wildman–Crippen LogP) is 5.43. The third-order valence-electron chi connectivity index (χ3n) is 6.20. The van der Waals surface area contributed by atoms with Crippen LogP contribution >= 0.6 is 11.6 Å². The average molecular weight is 494 g/mol. The lowest BCUT2D eigenvalue weighted by atomic mass is 9.87. The van der Waals surface area contributed by atoms with Gasteiger partial charge in [0.1, 0.15) is 11.3 Å². The van der Waals surface area contributed by atoms with Crippen molar-refractivity contribution < 1.29 is 19.1 Å². The number of amides is 4. The van der Waals surface area contributed by atoms with E-state index < -0.39 is 17.8 Å². The zero-order chi connectivity index (χ0) is 25.5. The second-order valence-corrected chi connectivity index (χ2v) is 9.41. The van der Waals surface area contributed by atoms with Crippen molar-refractivity contribution in [1.29, 1.82) is 0 Å². The standard InChI is InChI=1S/C27H28ClN3O4/c1-6-30-23-14-22(28)17(11-20(23)16(3)15-27(30,4)5)12-21-24(32)29-26(34)31(25(21)33)18-9-8-10-19(13-18)35-7-2/h8-15H,6-7H2,1-5H3,(H,29,32,34)/b21-12-. The maximum Gasteiger partial charge on any atom is 0.335 e. The molecule has 2 aromatic carbocycles. The van der Waals surface area contributed by atoms with Crippen LogP contribution in [0.15, 0.2) is 48.0 Å². The first-order valence-electron chi connectivity index (χ1n) is 11.5. The number of urea groups is 1. The van der Waals surface area contributed by atoms with Crippen LogP contribution in [0.5, 0.6) is 5.75 Å². The maximum absolute atomic E-state index is 13.3. The highest BCUT2D eigenvalue weighted by Gasteiger charge is 2.37. The molecule has 0 atom stereocenters. The Morgan fingerprint density at radius 3 is 2.54 bits per heavy atom. The highest BCUT2D eigenvalue weighted by Crippen LogP contribution is 2.41. The number of imide groups is 2. The summed E-state index contributed by atoms with van der Waals surface area (Å²) in [5.41, 5.74) is 3.51. The molecule has 182 valence electrons. The minimum atomic E-state index is -0.818. The lowest BCUT2D eigenvalue weighted by Gasteiger charge is -2.43. The van der Waals surface area contributed by atoms with Gasteiger partial charge in [-0.15, -0.1) is 0 Å². The van der Waals surface area contributed by atoms with E-state index in [1.165, 1.54) is 6.08 Å². The smallest absolute Gasteiger partial charge is 0.335 e. The molecule has 2 heterocycles. The molecule has 0 spiro atoms. The number of ether oxygens (including phenoxy) is 1. The first kappa shape index (κ1) is 24.5. The number of benzene rings is 2. The first-order valence-corrected chi connectivity index (χ1v) is 11.9. The fourth-order valence-electron chi connectivity index (χ4n) is 4.73. The Labute approximate surface area is 210 Å². The number of barbiturate groups is 1. The minimum Gasteiger partial charge on any atom is -0.494 e. The Morgan fingerprint density at radius 1 is 1.11 bits per heavy atom. The fraction of sp³-hybridized carbons (Fsp3) is 0.296. The van der Waals surface area contributed by atoms with Gasteiger partial charge in [-0.2, -0.15) is 0 Å². The van der Waals surface area contributed by atoms with Gasteiger partial charge in [0.2, 0.25) is 0 Å². The lowest BCUT2D eigenvalue weighted by Crippen LogP contribution is -2.54. The molecule has 0 aliphatic carbocycles. The number of anilines is 2. The summed E-state index contributed by atoms with van der Waals surface area (Å²) in [6.45, 7) is 11.5. The van der Waals surface area contributed by atoms with E-state index in [0.717, 1.165) is 28.3 Å². The zero-order valence-electron chi connectivity index (χ0n) is 20.4. The summed E-state index contributed by atoms with van der Waals surface area (Å²) in [6, 6.07) is 9.52. The number of fused-ring (bicyclic) bond motifs is 1. The molecule has 0 bridgehead atoms. The molecular formula is C27H28ClN3O4. The van der Waals surface area contributed by atoms with Crippen LogP contribution in [0.2, 0.25) is 5.02 Å². The van der Waals surface area contributed by atoms with E-state index in [1.807, 2.05) is 26.0 Å². The van der Waals surface area contributed by atoms with Crippen molar-refractivity contribution in [2.24, 2.45) is 0 Å². The molecule has 0 unspecified atom stereocenters. The van der Waals surface area contributed by atoms with Gasteiger partial charge < -0.3 is 9.64 Å². The quantitative estimate of drug-likeness (QED) is 0.444. The van der Waals surface area contributed by atoms with E-state index in [4.69, 9.17) is 16.3 Å². The normalized spacial score (nSPS) is 18.4. The molecule has 0 aromatic heterocycles. The number of nitrogens with zero attached hydrogens (tertiary/aromatic N) is 2. The molecule has 4 amide bonds. The van der Waals surface area contributed by atoms with Crippen molar-refractivity contribution in [3.63, 3.8) is 0 Å². The molecular weight excluding hydrogens is 466 g/mol. The summed E-state index contributed by atoms with van der Waals surface area (Å²) in [4.78, 5) is 41.8. The summed E-state index contributed by atoms with van der Waals surface area (Å²) in [7, 11) is 0. The molecule has 2 aromatic rings. The van der Waals surface area contributed by atoms with E-state index in [9.17, 15) is 14.4 Å². The van der Waals surface area contributed by atoms with Crippen molar-refractivity contribution in [3.05, 3.63) is 64.2 Å². The van der Waals surface area contributed by atoms with Crippen LogP contribution < -0.4 is 19.9 Å². The first-order chi connectivity index (χ1) is 16.6. The van der Waals surface area contributed by atoms with Crippen LogP contribution in [0.3, 0.4) is 0 Å². The van der Waals surface area contributed by atoms with E-state index in [2.05, 4.69) is 37.1 Å². The summed E-state index contributed by atoms with van der Waals surface area (Å²) in [5, 5.41) is 2.66. The van der Waals surface area contributed by atoms with Crippen LogP contribution in [0.25, 0.3) is 11.6 Å². The van der Waals surface area contributed by atoms with Crippen molar-refractivity contribution in [2.75, 3.05) is 23.0 Å². The Morgan fingerprint density at radius 2 is 1.86 bits per heavy atom. The summed E-state index contributed by atoms with van der Waals surface area (Å²) >= 11 is 6.65. The Bertz CT molecular complexity index is 1300. The van der Waals surface area contributed by atoms with Crippen molar-refractivity contribution in [3.8, 4) is 5.75 Å². The number of carbonyl (C=O) groups excluding carboxylic acids is 3. The number of allylic oxidation sites excluding steroid dienone is 1. The number of hydrogen-bond donors (Lipinski definition) is 1. The van der Waals surface area contributed by atoms with Gasteiger partial charge in [0.15, 0.2) is 0 Å². The maximum atomic E-state index is 13.3. The van der Waals surface area contributed by atoms with Gasteiger partial charge in [-0.1, -0.05) is 23.7 Å². The average Bonchev–Trinajstić information content (AvgIpc) is 2.77. The second-order valence-electron chi connectivity index (χ2n) is 9.00. The van der Waals surface area contributed by atoms with Crippen molar-refractivity contribution in [2.45, 2.75) is 40.2 Å². The molecule has 1 fully saturated rings. The van der Waals surface area contributed by atoms with E-state index in [0.29, 0.717) is 28.6 Å². The lowest BCUT2D eigenvalue weighted by molar-refractivity contribution is -0.122. The van der Waals surface area contributed by atoms with Gasteiger partial charge in [0.25, 0.3) is 11.8 Å². The molecule has 1 N–H and O–H groups in total. The molecule has 4 rings (SSSR count). The molecule has 2 aliphatic heterocycles. The van der Waals surface area contributed by atoms with Gasteiger partial charge in [0, 0.05) is 28.9 Å². The van der Waals surface area contributed by atoms with Crippen LogP contribution in [0.1, 0.15) is 45.7 Å². The summed E-state index contributed by atoms with van der Waals surface area (Å²) in [6.07, 6.45) is 3.63. The largest absolute Gasteiger partial charge is 0.494 e. The fourth-order valence-corrected chi connectivity index (χ4v) is 4.94. The molecule has 0 radical (unpaired) electrons. The number of nitrogens with one attached hydrogen (secondary N) is 1. The molecule has 8 heteroatoms. The van der Waals surface area contributed by atoms with Crippen LogP contribution in [0.4, 0.5) is 16.2 Å². The predicted molar refractivity (Wildman–Crippen MR) is 139 cm³/mol. The van der Waals surface area contributed by atoms with E-state index in [1.54, 1.807) is 24.3 Å². The topological polar surface area (TPSA) is 79.0 Å². The molecule has 1 saturated heterocycles. The van der Waals surface area contributed by atoms with Gasteiger partial charge in [-0.3, -0.25) is 14.9 Å². The Balaban J connectivity index is 1.77. The number of likely N-dealkylation sites (N-methyl/N-ethyl adjacent to an activating group) is 1. The molecule has 35 heavy (non-hydrogen) atoms. The Kier molecular flexibility index (Phi) is 6.47. The van der Waals surface area contributed by atoms with Crippen LogP contribution in [0, 0.1) is 0 Å².